The third kappa shape index (κ3) is 87.2. The minimum absolute atomic E-state index is 0. The standard InChI is InChI=1S/Mn.Na.H3O4P.V.H/c;;1-5(2,3)4;;/h;;(H3,1,2,3,4);;/q;+1;;;-1. The molecule has 2 radical (unpaired) electrons. The van der Waals surface area contributed by atoms with Crippen molar-refractivity contribution >= 4 is 7.82 Å². The molecule has 0 aromatic carbocycles. The van der Waals surface area contributed by atoms with Crippen LogP contribution in [-0.2, 0) is 40.2 Å². The molecule has 0 aliphatic rings. The minimum Gasteiger partial charge on any atom is -1.00 e. The SMILES string of the molecule is O=P(O)(O)O.[H-].[Mn].[Na+].[V]. The Kier molecular flexibility index (Phi) is 25.9. The van der Waals surface area contributed by atoms with Crippen LogP contribution >= 0.6 is 7.82 Å². The van der Waals surface area contributed by atoms with Gasteiger partial charge in [-0.1, -0.05) is 0 Å². The zero-order chi connectivity index (χ0) is 4.50. The Hall–Kier alpha value is 2.21. The van der Waals surface area contributed by atoms with E-state index < -0.39 is 7.82 Å². The first-order chi connectivity index (χ1) is 2.00. The van der Waals surface area contributed by atoms with Gasteiger partial charge in [0, 0.05) is 35.6 Å². The largest absolute Gasteiger partial charge is 1.00 e. The van der Waals surface area contributed by atoms with Crippen molar-refractivity contribution in [1.82, 2.24) is 0 Å². The van der Waals surface area contributed by atoms with E-state index in [0.717, 1.165) is 0 Å². The summed E-state index contributed by atoms with van der Waals surface area (Å²) in [7, 11) is -4.64. The zero-order valence-electron chi connectivity index (χ0n) is 5.02. The van der Waals surface area contributed by atoms with Gasteiger partial charge in [-0.2, -0.15) is 0 Å². The molecule has 0 unspecified atom stereocenters. The van der Waals surface area contributed by atoms with Crippen LogP contribution in [0.4, 0.5) is 0 Å². The number of phosphoric acid groups is 1. The van der Waals surface area contributed by atoms with Gasteiger partial charge in [-0.25, -0.2) is 4.57 Å². The predicted molar refractivity (Wildman–Crippen MR) is 15.4 cm³/mol. The maximum atomic E-state index is 8.88. The van der Waals surface area contributed by atoms with Gasteiger partial charge in [0.2, 0.25) is 0 Å². The van der Waals surface area contributed by atoms with Gasteiger partial charge in [0.25, 0.3) is 0 Å². The molecule has 0 saturated carbocycles. The van der Waals surface area contributed by atoms with Gasteiger partial charge in [0.1, 0.15) is 0 Å². The Morgan fingerprint density at radius 2 is 1.25 bits per heavy atom. The molecule has 8 heteroatoms. The molecular formula is H4MnNaO4PV. The normalized spacial score (nSPS) is 7.38. The molecule has 0 spiro atoms. The van der Waals surface area contributed by atoms with Crippen LogP contribution in [0.5, 0.6) is 0 Å². The molecule has 0 fully saturated rings. The van der Waals surface area contributed by atoms with Crippen LogP contribution in [0, 0.1) is 0 Å². The molecule has 0 heterocycles. The van der Waals surface area contributed by atoms with Crippen LogP contribution in [0.3, 0.4) is 0 Å². The van der Waals surface area contributed by atoms with Crippen molar-refractivity contribution in [2.75, 3.05) is 0 Å². The van der Waals surface area contributed by atoms with E-state index in [2.05, 4.69) is 0 Å². The van der Waals surface area contributed by atoms with Crippen LogP contribution in [0.2, 0.25) is 0 Å². The van der Waals surface area contributed by atoms with Crippen molar-refractivity contribution in [3.8, 4) is 0 Å². The van der Waals surface area contributed by atoms with Crippen LogP contribution in [0.25, 0.3) is 0 Å². The quantitative estimate of drug-likeness (QED) is 0.293. The molecule has 46 valence electrons. The average molecular weight is 228 g/mol. The fourth-order valence-electron chi connectivity index (χ4n) is 0. The van der Waals surface area contributed by atoms with E-state index in [4.69, 9.17) is 19.2 Å². The Labute approximate surface area is 92.8 Å². The fraction of sp³-hybridized carbons (Fsp3) is 0. The van der Waals surface area contributed by atoms with Crippen LogP contribution in [0.1, 0.15) is 1.43 Å². The van der Waals surface area contributed by atoms with E-state index >= 15 is 0 Å². The summed E-state index contributed by atoms with van der Waals surface area (Å²) < 4.78 is 8.88. The fourth-order valence-corrected chi connectivity index (χ4v) is 0. The Morgan fingerprint density at radius 3 is 1.25 bits per heavy atom. The first-order valence-electron chi connectivity index (χ1n) is 0.783. The van der Waals surface area contributed by atoms with Crippen LogP contribution in [-0.4, -0.2) is 14.7 Å². The van der Waals surface area contributed by atoms with Gasteiger partial charge in [-0.05, 0) is 0 Å². The Morgan fingerprint density at radius 1 is 1.25 bits per heavy atom. The van der Waals surface area contributed by atoms with E-state index in [9.17, 15) is 0 Å². The summed E-state index contributed by atoms with van der Waals surface area (Å²) in [6.07, 6.45) is 0. The summed E-state index contributed by atoms with van der Waals surface area (Å²) in [6.45, 7) is 0. The average Bonchev–Trinajstić information content (AvgIpc) is 0.722. The summed E-state index contributed by atoms with van der Waals surface area (Å²) in [4.78, 5) is 21.6. The van der Waals surface area contributed by atoms with Gasteiger partial charge < -0.3 is 16.1 Å². The smallest absolute Gasteiger partial charge is 1.00 e. The minimum atomic E-state index is -4.64. The van der Waals surface area contributed by atoms with Gasteiger partial charge in [0.15, 0.2) is 0 Å². The summed E-state index contributed by atoms with van der Waals surface area (Å²) in [5.74, 6) is 0. The van der Waals surface area contributed by atoms with Crippen molar-refractivity contribution in [2.24, 2.45) is 0 Å². The van der Waals surface area contributed by atoms with Crippen molar-refractivity contribution in [3.63, 3.8) is 0 Å². The van der Waals surface area contributed by atoms with Gasteiger partial charge in [0.05, 0.1) is 0 Å². The monoisotopic (exact) mass is 228 g/mol. The molecule has 0 atom stereocenters. The molecule has 0 aliphatic carbocycles. The van der Waals surface area contributed by atoms with Crippen molar-refractivity contribution in [3.05, 3.63) is 0 Å². The van der Waals surface area contributed by atoms with Gasteiger partial charge >= 0.3 is 37.4 Å². The Balaban J connectivity index is -0.0000000133. The summed E-state index contributed by atoms with van der Waals surface area (Å²) >= 11 is 0. The molecule has 0 amide bonds. The molecular weight excluding hydrogens is 224 g/mol. The number of rotatable bonds is 0. The van der Waals surface area contributed by atoms with E-state index in [0.29, 0.717) is 0 Å². The van der Waals surface area contributed by atoms with E-state index in [1.54, 1.807) is 0 Å². The van der Waals surface area contributed by atoms with E-state index in [1.165, 1.54) is 0 Å². The second-order valence-corrected chi connectivity index (χ2v) is 1.54. The zero-order valence-corrected chi connectivity index (χ0v) is 9.49. The molecule has 0 aromatic heterocycles. The van der Waals surface area contributed by atoms with Crippen molar-refractivity contribution in [1.29, 1.82) is 0 Å². The first kappa shape index (κ1) is 22.5. The van der Waals surface area contributed by atoms with Crippen LogP contribution < -0.4 is 29.6 Å². The third-order valence-electron chi connectivity index (χ3n) is 0. The summed E-state index contributed by atoms with van der Waals surface area (Å²) in [6, 6.07) is 0. The van der Waals surface area contributed by atoms with E-state index in [-0.39, 0.29) is 66.6 Å². The van der Waals surface area contributed by atoms with Crippen LogP contribution in [0.15, 0.2) is 0 Å². The van der Waals surface area contributed by atoms with Crippen molar-refractivity contribution in [2.45, 2.75) is 0 Å². The first-order valence-corrected chi connectivity index (χ1v) is 2.35. The molecule has 0 bridgehead atoms. The molecule has 8 heavy (non-hydrogen) atoms. The molecule has 0 aliphatic heterocycles. The summed E-state index contributed by atoms with van der Waals surface area (Å²) in [5, 5.41) is 0. The number of hydrogen-bond acceptors (Lipinski definition) is 1. The van der Waals surface area contributed by atoms with Gasteiger partial charge in [-0.3, -0.25) is 0 Å². The summed E-state index contributed by atoms with van der Waals surface area (Å²) in [5.41, 5.74) is 0. The molecule has 0 saturated heterocycles. The predicted octanol–water partition coefficient (Wildman–Crippen LogP) is -3.82. The van der Waals surface area contributed by atoms with Crippen molar-refractivity contribution < 1.29 is 85.9 Å². The van der Waals surface area contributed by atoms with E-state index in [1.807, 2.05) is 0 Å². The number of hydrogen-bond donors (Lipinski definition) is 3. The second-order valence-electron chi connectivity index (χ2n) is 0.513. The molecule has 0 rings (SSSR count). The maximum Gasteiger partial charge on any atom is 1.00 e. The molecule has 3 N–H and O–H groups in total. The molecule has 0 aromatic rings. The Bertz CT molecular complexity index is 66.7. The molecule has 4 nitrogen and oxygen atoms in total. The third-order valence-corrected chi connectivity index (χ3v) is 0. The van der Waals surface area contributed by atoms with Gasteiger partial charge in [-0.15, -0.1) is 0 Å². The topological polar surface area (TPSA) is 77.8 Å². The second kappa shape index (κ2) is 9.21. The maximum absolute atomic E-state index is 8.88.